The molecule has 1 aromatic carbocycles. The smallest absolute Gasteiger partial charge is 0.244 e. The molecule has 0 bridgehead atoms. The summed E-state index contributed by atoms with van der Waals surface area (Å²) in [6.07, 6.45) is 1.74. The maximum Gasteiger partial charge on any atom is 0.244 e. The quantitative estimate of drug-likeness (QED) is 0.839. The third-order valence-electron chi connectivity index (χ3n) is 3.76. The van der Waals surface area contributed by atoms with Crippen molar-refractivity contribution in [2.24, 2.45) is 0 Å². The molecule has 1 saturated heterocycles. The summed E-state index contributed by atoms with van der Waals surface area (Å²) in [4.78, 5) is 13.9. The highest BCUT2D eigenvalue weighted by molar-refractivity contribution is 5.77. The van der Waals surface area contributed by atoms with E-state index in [4.69, 9.17) is 9.47 Å². The first-order valence-electron chi connectivity index (χ1n) is 7.22. The minimum absolute atomic E-state index is 0.0368. The van der Waals surface area contributed by atoms with Gasteiger partial charge in [-0.3, -0.25) is 9.48 Å². The molecule has 0 spiro atoms. The Labute approximate surface area is 129 Å². The third-order valence-corrected chi connectivity index (χ3v) is 3.76. The molecule has 1 aliphatic heterocycles. The van der Waals surface area contributed by atoms with Crippen LogP contribution < -0.4 is 9.47 Å². The molecule has 0 atom stereocenters. The zero-order chi connectivity index (χ0) is 15.5. The molecule has 0 unspecified atom stereocenters. The van der Waals surface area contributed by atoms with Crippen LogP contribution in [0.1, 0.15) is 5.69 Å². The number of aromatic nitrogens is 2. The first-order chi connectivity index (χ1) is 10.7. The van der Waals surface area contributed by atoms with E-state index in [0.717, 1.165) is 17.2 Å². The van der Waals surface area contributed by atoms with Crippen molar-refractivity contribution in [3.8, 4) is 11.5 Å². The van der Waals surface area contributed by atoms with Crippen molar-refractivity contribution in [2.45, 2.75) is 19.6 Å². The van der Waals surface area contributed by atoms with Crippen molar-refractivity contribution in [3.63, 3.8) is 0 Å². The molecular formula is C16H19N3O3. The second-order valence-corrected chi connectivity index (χ2v) is 5.35. The molecule has 0 aliphatic carbocycles. The number of hydrogen-bond acceptors (Lipinski definition) is 4. The van der Waals surface area contributed by atoms with Gasteiger partial charge in [-0.15, -0.1) is 0 Å². The Kier molecular flexibility index (Phi) is 4.00. The molecule has 116 valence electrons. The van der Waals surface area contributed by atoms with E-state index in [0.29, 0.717) is 13.1 Å². The predicted molar refractivity (Wildman–Crippen MR) is 81.0 cm³/mol. The zero-order valence-corrected chi connectivity index (χ0v) is 12.7. The number of amides is 1. The number of likely N-dealkylation sites (tertiary alicyclic amines) is 1. The number of methoxy groups -OCH3 is 1. The van der Waals surface area contributed by atoms with Crippen molar-refractivity contribution >= 4 is 5.91 Å². The lowest BCUT2D eigenvalue weighted by Gasteiger charge is -2.39. The average Bonchev–Trinajstić information content (AvgIpc) is 2.88. The van der Waals surface area contributed by atoms with Crippen LogP contribution in [0, 0.1) is 6.92 Å². The van der Waals surface area contributed by atoms with Crippen LogP contribution in [-0.4, -0.2) is 46.9 Å². The molecule has 0 radical (unpaired) electrons. The van der Waals surface area contributed by atoms with Gasteiger partial charge in [-0.05, 0) is 25.1 Å². The maximum atomic E-state index is 12.1. The Balaban J connectivity index is 1.49. The average molecular weight is 301 g/mol. The molecule has 1 aromatic heterocycles. The van der Waals surface area contributed by atoms with Gasteiger partial charge < -0.3 is 14.4 Å². The number of aryl methyl sites for hydroxylation is 1. The number of rotatable bonds is 5. The molecule has 1 amide bonds. The molecule has 2 heterocycles. The molecule has 22 heavy (non-hydrogen) atoms. The molecule has 1 fully saturated rings. The summed E-state index contributed by atoms with van der Waals surface area (Å²) in [5.41, 5.74) is 0.984. The first-order valence-corrected chi connectivity index (χ1v) is 7.22. The minimum Gasteiger partial charge on any atom is -0.497 e. The maximum absolute atomic E-state index is 12.1. The molecular weight excluding hydrogens is 282 g/mol. The highest BCUT2D eigenvalue weighted by Gasteiger charge is 2.32. The third kappa shape index (κ3) is 3.05. The van der Waals surface area contributed by atoms with Gasteiger partial charge in [-0.1, -0.05) is 6.07 Å². The fourth-order valence-electron chi connectivity index (χ4n) is 2.38. The number of ether oxygens (including phenoxy) is 2. The molecule has 3 rings (SSSR count). The summed E-state index contributed by atoms with van der Waals surface area (Å²) in [6, 6.07) is 9.38. The van der Waals surface area contributed by atoms with Crippen LogP contribution in [0.5, 0.6) is 11.5 Å². The van der Waals surface area contributed by atoms with E-state index in [9.17, 15) is 4.79 Å². The van der Waals surface area contributed by atoms with Crippen molar-refractivity contribution in [3.05, 3.63) is 42.2 Å². The van der Waals surface area contributed by atoms with Crippen molar-refractivity contribution < 1.29 is 14.3 Å². The van der Waals surface area contributed by atoms with Gasteiger partial charge in [0.1, 0.15) is 24.1 Å². The highest BCUT2D eigenvalue weighted by Crippen LogP contribution is 2.22. The lowest BCUT2D eigenvalue weighted by Crippen LogP contribution is -2.57. The van der Waals surface area contributed by atoms with Crippen LogP contribution in [0.25, 0.3) is 0 Å². The van der Waals surface area contributed by atoms with Gasteiger partial charge in [0.2, 0.25) is 5.91 Å². The lowest BCUT2D eigenvalue weighted by molar-refractivity contribution is -0.140. The summed E-state index contributed by atoms with van der Waals surface area (Å²) >= 11 is 0. The molecule has 6 nitrogen and oxygen atoms in total. The molecule has 0 N–H and O–H groups in total. The minimum atomic E-state index is 0.0368. The fourth-order valence-corrected chi connectivity index (χ4v) is 2.38. The Hall–Kier alpha value is -2.50. The van der Waals surface area contributed by atoms with E-state index in [1.807, 2.05) is 37.3 Å². The number of benzene rings is 1. The van der Waals surface area contributed by atoms with Gasteiger partial charge >= 0.3 is 0 Å². The summed E-state index contributed by atoms with van der Waals surface area (Å²) < 4.78 is 12.7. The fraction of sp³-hybridized carbons (Fsp3) is 0.375. The number of nitrogens with zero attached hydrogens (tertiary/aromatic N) is 3. The van der Waals surface area contributed by atoms with Crippen molar-refractivity contribution in [2.75, 3.05) is 20.2 Å². The normalized spacial score (nSPS) is 14.5. The van der Waals surface area contributed by atoms with Crippen LogP contribution in [0.3, 0.4) is 0 Å². The van der Waals surface area contributed by atoms with E-state index in [-0.39, 0.29) is 18.6 Å². The summed E-state index contributed by atoms with van der Waals surface area (Å²) in [5.74, 6) is 1.59. The summed E-state index contributed by atoms with van der Waals surface area (Å²) in [7, 11) is 1.63. The second kappa shape index (κ2) is 6.09. The highest BCUT2D eigenvalue weighted by atomic mass is 16.5. The van der Waals surface area contributed by atoms with Gasteiger partial charge in [-0.25, -0.2) is 0 Å². The SMILES string of the molecule is COc1cccc(OC2CN(C(=O)Cn3nccc3C)C2)c1. The monoisotopic (exact) mass is 301 g/mol. The Bertz CT molecular complexity index is 662. The topological polar surface area (TPSA) is 56.6 Å². The van der Waals surface area contributed by atoms with E-state index in [1.54, 1.807) is 22.9 Å². The van der Waals surface area contributed by atoms with E-state index in [2.05, 4.69) is 5.10 Å². The number of hydrogen-bond donors (Lipinski definition) is 0. The second-order valence-electron chi connectivity index (χ2n) is 5.35. The standard InChI is InChI=1S/C16H19N3O3/c1-12-6-7-17-19(12)11-16(20)18-9-15(10-18)22-14-5-3-4-13(8-14)21-2/h3-8,15H,9-11H2,1-2H3. The van der Waals surface area contributed by atoms with Gasteiger partial charge in [0.15, 0.2) is 0 Å². The lowest BCUT2D eigenvalue weighted by atomic mass is 10.1. The van der Waals surface area contributed by atoms with Crippen LogP contribution in [-0.2, 0) is 11.3 Å². The largest absolute Gasteiger partial charge is 0.497 e. The molecule has 0 saturated carbocycles. The number of carbonyl (C=O) groups is 1. The van der Waals surface area contributed by atoms with Crippen LogP contribution in [0.2, 0.25) is 0 Å². The Morgan fingerprint density at radius 3 is 2.77 bits per heavy atom. The van der Waals surface area contributed by atoms with E-state index in [1.165, 1.54) is 0 Å². The molecule has 2 aromatic rings. The van der Waals surface area contributed by atoms with Crippen molar-refractivity contribution in [1.82, 2.24) is 14.7 Å². The molecule has 1 aliphatic rings. The summed E-state index contributed by atoms with van der Waals surface area (Å²) in [5, 5.41) is 4.13. The number of carbonyl (C=O) groups excluding carboxylic acids is 1. The van der Waals surface area contributed by atoms with Crippen LogP contribution in [0.15, 0.2) is 36.5 Å². The van der Waals surface area contributed by atoms with Crippen LogP contribution in [0.4, 0.5) is 0 Å². The Morgan fingerprint density at radius 1 is 1.32 bits per heavy atom. The van der Waals surface area contributed by atoms with Gasteiger partial charge in [0.05, 0.1) is 20.2 Å². The zero-order valence-electron chi connectivity index (χ0n) is 12.7. The Morgan fingerprint density at radius 2 is 2.09 bits per heavy atom. The van der Waals surface area contributed by atoms with Gasteiger partial charge in [0.25, 0.3) is 0 Å². The van der Waals surface area contributed by atoms with Gasteiger partial charge in [0, 0.05) is 18.0 Å². The predicted octanol–water partition coefficient (Wildman–Crippen LogP) is 1.49. The summed E-state index contributed by atoms with van der Waals surface area (Å²) in [6.45, 7) is 3.43. The van der Waals surface area contributed by atoms with E-state index >= 15 is 0 Å². The van der Waals surface area contributed by atoms with E-state index < -0.39 is 0 Å². The van der Waals surface area contributed by atoms with Crippen LogP contribution >= 0.6 is 0 Å². The van der Waals surface area contributed by atoms with Crippen molar-refractivity contribution in [1.29, 1.82) is 0 Å². The van der Waals surface area contributed by atoms with Gasteiger partial charge in [-0.2, -0.15) is 5.10 Å². The molecule has 6 heteroatoms. The first kappa shape index (κ1) is 14.4.